The van der Waals surface area contributed by atoms with Crippen LogP contribution >= 0.6 is 11.6 Å². The van der Waals surface area contributed by atoms with Crippen molar-refractivity contribution < 1.29 is 0 Å². The van der Waals surface area contributed by atoms with Crippen molar-refractivity contribution in [1.29, 1.82) is 0 Å². The van der Waals surface area contributed by atoms with Gasteiger partial charge in [0.1, 0.15) is 5.15 Å². The Morgan fingerprint density at radius 2 is 1.26 bits per heavy atom. The fourth-order valence-corrected chi connectivity index (χ4v) is 3.66. The third kappa shape index (κ3) is 2.84. The second kappa shape index (κ2) is 6.49. The van der Waals surface area contributed by atoms with Crippen LogP contribution < -0.4 is 0 Å². The van der Waals surface area contributed by atoms with Crippen molar-refractivity contribution in [3.8, 4) is 22.4 Å². The van der Waals surface area contributed by atoms with Gasteiger partial charge in [0.15, 0.2) is 0 Å². The molecule has 5 aromatic rings. The number of hydrogen-bond acceptors (Lipinski definition) is 2. The fourth-order valence-electron chi connectivity index (χ4n) is 3.47. The summed E-state index contributed by atoms with van der Waals surface area (Å²) in [5.74, 6) is 0. The highest BCUT2D eigenvalue weighted by atomic mass is 35.5. The van der Waals surface area contributed by atoms with Gasteiger partial charge in [-0.2, -0.15) is 0 Å². The average molecular weight is 367 g/mol. The molecular formula is C24H15ClN2. The van der Waals surface area contributed by atoms with E-state index in [0.717, 1.165) is 44.2 Å². The van der Waals surface area contributed by atoms with E-state index in [-0.39, 0.29) is 0 Å². The van der Waals surface area contributed by atoms with Crippen molar-refractivity contribution in [2.75, 3.05) is 0 Å². The van der Waals surface area contributed by atoms with E-state index >= 15 is 0 Å². The smallest absolute Gasteiger partial charge is 0.130 e. The molecule has 2 heterocycles. The number of fused-ring (bicyclic) bond motifs is 3. The van der Waals surface area contributed by atoms with Crippen LogP contribution in [0.2, 0.25) is 5.15 Å². The molecule has 0 amide bonds. The van der Waals surface area contributed by atoms with Crippen LogP contribution in [0.5, 0.6) is 0 Å². The van der Waals surface area contributed by atoms with Gasteiger partial charge >= 0.3 is 0 Å². The zero-order valence-corrected chi connectivity index (χ0v) is 15.2. The minimum atomic E-state index is 0.473. The SMILES string of the molecule is Clc1cc(-c2ccccc2)c2ccc3ccc(-c4ccccc4)nc3c2n1. The summed E-state index contributed by atoms with van der Waals surface area (Å²) in [6, 6.07) is 30.7. The third-order valence-electron chi connectivity index (χ3n) is 4.76. The monoisotopic (exact) mass is 366 g/mol. The van der Waals surface area contributed by atoms with Crippen LogP contribution in [0, 0.1) is 0 Å². The second-order valence-corrected chi connectivity index (χ2v) is 6.84. The van der Waals surface area contributed by atoms with Crippen LogP contribution in [-0.2, 0) is 0 Å². The average Bonchev–Trinajstić information content (AvgIpc) is 2.74. The Kier molecular flexibility index (Phi) is 3.84. The van der Waals surface area contributed by atoms with E-state index in [9.17, 15) is 0 Å². The molecule has 3 heteroatoms. The van der Waals surface area contributed by atoms with Crippen LogP contribution in [0.3, 0.4) is 0 Å². The minimum Gasteiger partial charge on any atom is -0.245 e. The van der Waals surface area contributed by atoms with Crippen LogP contribution in [-0.4, -0.2) is 9.97 Å². The van der Waals surface area contributed by atoms with E-state index < -0.39 is 0 Å². The lowest BCUT2D eigenvalue weighted by molar-refractivity contribution is 1.37. The first-order valence-corrected chi connectivity index (χ1v) is 9.18. The Balaban J connectivity index is 1.83. The summed E-state index contributed by atoms with van der Waals surface area (Å²) in [6.45, 7) is 0. The molecule has 0 spiro atoms. The molecule has 0 bridgehead atoms. The van der Waals surface area contributed by atoms with Gasteiger partial charge in [-0.25, -0.2) is 9.97 Å². The predicted molar refractivity (Wildman–Crippen MR) is 113 cm³/mol. The molecule has 0 N–H and O–H groups in total. The molecule has 128 valence electrons. The summed E-state index contributed by atoms with van der Waals surface area (Å²) in [6.07, 6.45) is 0. The van der Waals surface area contributed by atoms with Crippen LogP contribution in [0.25, 0.3) is 44.2 Å². The molecule has 0 saturated heterocycles. The number of pyridine rings is 2. The summed E-state index contributed by atoms with van der Waals surface area (Å²) in [5.41, 5.74) is 5.90. The molecule has 3 aromatic carbocycles. The molecule has 0 aliphatic rings. The van der Waals surface area contributed by atoms with Gasteiger partial charge in [-0.3, -0.25) is 0 Å². The highest BCUT2D eigenvalue weighted by Gasteiger charge is 2.12. The van der Waals surface area contributed by atoms with Gasteiger partial charge < -0.3 is 0 Å². The largest absolute Gasteiger partial charge is 0.245 e. The number of rotatable bonds is 2. The maximum Gasteiger partial charge on any atom is 0.130 e. The molecular weight excluding hydrogens is 352 g/mol. The third-order valence-corrected chi connectivity index (χ3v) is 4.96. The molecule has 0 unspecified atom stereocenters. The van der Waals surface area contributed by atoms with Gasteiger partial charge in [0.2, 0.25) is 0 Å². The normalized spacial score (nSPS) is 11.1. The quantitative estimate of drug-likeness (QED) is 0.254. The maximum atomic E-state index is 6.39. The van der Waals surface area contributed by atoms with E-state index in [1.165, 1.54) is 0 Å². The molecule has 27 heavy (non-hydrogen) atoms. The highest BCUT2D eigenvalue weighted by Crippen LogP contribution is 2.34. The molecule has 0 aliphatic heterocycles. The van der Waals surface area contributed by atoms with Crippen molar-refractivity contribution in [1.82, 2.24) is 9.97 Å². The van der Waals surface area contributed by atoms with Gasteiger partial charge in [-0.15, -0.1) is 0 Å². The Morgan fingerprint density at radius 3 is 2.00 bits per heavy atom. The van der Waals surface area contributed by atoms with Crippen molar-refractivity contribution in [2.24, 2.45) is 0 Å². The molecule has 0 saturated carbocycles. The first kappa shape index (κ1) is 16.0. The van der Waals surface area contributed by atoms with Gasteiger partial charge in [0, 0.05) is 16.3 Å². The van der Waals surface area contributed by atoms with Crippen molar-refractivity contribution in [2.45, 2.75) is 0 Å². The summed E-state index contributed by atoms with van der Waals surface area (Å²) in [7, 11) is 0. The van der Waals surface area contributed by atoms with E-state index in [2.05, 4.69) is 47.4 Å². The molecule has 0 aliphatic carbocycles. The number of halogens is 1. The summed E-state index contributed by atoms with van der Waals surface area (Å²) in [4.78, 5) is 9.56. The molecule has 0 radical (unpaired) electrons. The van der Waals surface area contributed by atoms with Crippen LogP contribution in [0.15, 0.2) is 91.0 Å². The van der Waals surface area contributed by atoms with Crippen molar-refractivity contribution >= 4 is 33.4 Å². The lowest BCUT2D eigenvalue weighted by Gasteiger charge is -2.10. The van der Waals surface area contributed by atoms with E-state index in [1.807, 2.05) is 48.5 Å². The van der Waals surface area contributed by atoms with Gasteiger partial charge in [-0.05, 0) is 23.3 Å². The Hall–Kier alpha value is -3.23. The zero-order valence-electron chi connectivity index (χ0n) is 14.4. The Labute approximate surface area is 162 Å². The van der Waals surface area contributed by atoms with Gasteiger partial charge in [0.05, 0.1) is 16.7 Å². The molecule has 2 aromatic heterocycles. The zero-order chi connectivity index (χ0) is 18.2. The lowest BCUT2D eigenvalue weighted by Crippen LogP contribution is -1.91. The predicted octanol–water partition coefficient (Wildman–Crippen LogP) is 6.77. The van der Waals surface area contributed by atoms with Gasteiger partial charge in [0.25, 0.3) is 0 Å². The number of nitrogens with zero attached hydrogens (tertiary/aromatic N) is 2. The molecule has 5 rings (SSSR count). The van der Waals surface area contributed by atoms with Crippen molar-refractivity contribution in [3.05, 3.63) is 96.1 Å². The Bertz CT molecular complexity index is 1270. The minimum absolute atomic E-state index is 0.473. The second-order valence-electron chi connectivity index (χ2n) is 6.45. The number of aromatic nitrogens is 2. The first-order chi connectivity index (χ1) is 13.3. The maximum absolute atomic E-state index is 6.39. The lowest BCUT2D eigenvalue weighted by atomic mass is 9.99. The van der Waals surface area contributed by atoms with Gasteiger partial charge in [-0.1, -0.05) is 90.5 Å². The molecule has 0 atom stereocenters. The molecule has 2 nitrogen and oxygen atoms in total. The summed E-state index contributed by atoms with van der Waals surface area (Å²) >= 11 is 6.39. The molecule has 0 fully saturated rings. The van der Waals surface area contributed by atoms with Crippen LogP contribution in [0.4, 0.5) is 0 Å². The van der Waals surface area contributed by atoms with E-state index in [0.29, 0.717) is 5.15 Å². The standard InChI is InChI=1S/C24H15ClN2/c25-22-15-20(16-7-3-1-4-8-16)19-13-11-18-12-14-21(17-9-5-2-6-10-17)26-23(18)24(19)27-22/h1-15H. The fraction of sp³-hybridized carbons (Fsp3) is 0. The highest BCUT2D eigenvalue weighted by molar-refractivity contribution is 6.30. The van der Waals surface area contributed by atoms with E-state index in [1.54, 1.807) is 0 Å². The topological polar surface area (TPSA) is 25.8 Å². The Morgan fingerprint density at radius 1 is 0.593 bits per heavy atom. The first-order valence-electron chi connectivity index (χ1n) is 8.80. The number of hydrogen-bond donors (Lipinski definition) is 0. The van der Waals surface area contributed by atoms with E-state index in [4.69, 9.17) is 16.6 Å². The number of benzene rings is 3. The summed E-state index contributed by atoms with van der Waals surface area (Å²) in [5, 5.41) is 2.58. The summed E-state index contributed by atoms with van der Waals surface area (Å²) < 4.78 is 0. The van der Waals surface area contributed by atoms with Crippen LogP contribution in [0.1, 0.15) is 0 Å². The van der Waals surface area contributed by atoms with Crippen molar-refractivity contribution in [3.63, 3.8) is 0 Å².